The molecule has 1 saturated heterocycles. The Kier molecular flexibility index (Phi) is 4.03. The molecule has 0 radical (unpaired) electrons. The minimum absolute atomic E-state index is 0.273. The highest BCUT2D eigenvalue weighted by Gasteiger charge is 2.33. The number of ether oxygens (including phenoxy) is 1. The molecule has 1 fully saturated rings. The highest BCUT2D eigenvalue weighted by Crippen LogP contribution is 2.35. The molecule has 2 rings (SSSR count). The van der Waals surface area contributed by atoms with Gasteiger partial charge < -0.3 is 4.74 Å². The third kappa shape index (κ3) is 2.66. The fraction of sp³-hybridized carbons (Fsp3) is 0.750. The summed E-state index contributed by atoms with van der Waals surface area (Å²) in [7, 11) is 0. The topological polar surface area (TPSA) is 22.1 Å². The molecule has 0 spiro atoms. The normalized spacial score (nSPS) is 25.9. The van der Waals surface area contributed by atoms with Gasteiger partial charge in [0.05, 0.1) is 17.3 Å². The Morgan fingerprint density at radius 1 is 1.50 bits per heavy atom. The van der Waals surface area contributed by atoms with Gasteiger partial charge in [-0.3, -0.25) is 0 Å². The zero-order valence-electron chi connectivity index (χ0n) is 9.88. The molecule has 0 bridgehead atoms. The first-order chi connectivity index (χ1) is 7.65. The molecule has 16 heavy (non-hydrogen) atoms. The standard InChI is InChI=1S/C12H18BrNOS/c1-9-10(2)16-11(14-9)6-12(7-13)4-3-5-15-8-12/h3-8H2,1-2H3. The summed E-state index contributed by atoms with van der Waals surface area (Å²) < 4.78 is 5.63. The number of rotatable bonds is 3. The predicted molar refractivity (Wildman–Crippen MR) is 71.6 cm³/mol. The number of alkyl halides is 1. The summed E-state index contributed by atoms with van der Waals surface area (Å²) in [5.74, 6) is 0. The molecular formula is C12H18BrNOS. The second-order valence-corrected chi connectivity index (χ2v) is 6.56. The third-order valence-corrected chi connectivity index (χ3v) is 5.55. The molecule has 1 aliphatic rings. The van der Waals surface area contributed by atoms with Gasteiger partial charge in [-0.15, -0.1) is 11.3 Å². The Labute approximate surface area is 110 Å². The SMILES string of the molecule is Cc1nc(CC2(CBr)CCCOC2)sc1C. The molecule has 90 valence electrons. The molecule has 0 amide bonds. The molecule has 1 atom stereocenters. The highest BCUT2D eigenvalue weighted by atomic mass is 79.9. The molecule has 1 aromatic rings. The maximum Gasteiger partial charge on any atom is 0.0937 e. The molecule has 1 unspecified atom stereocenters. The van der Waals surface area contributed by atoms with Crippen LogP contribution in [0.2, 0.25) is 0 Å². The van der Waals surface area contributed by atoms with E-state index in [1.165, 1.54) is 28.4 Å². The van der Waals surface area contributed by atoms with E-state index in [1.54, 1.807) is 0 Å². The van der Waals surface area contributed by atoms with Gasteiger partial charge in [0.25, 0.3) is 0 Å². The van der Waals surface area contributed by atoms with Gasteiger partial charge in [0.15, 0.2) is 0 Å². The molecule has 2 nitrogen and oxygen atoms in total. The van der Waals surface area contributed by atoms with E-state index >= 15 is 0 Å². The van der Waals surface area contributed by atoms with Crippen LogP contribution in [0.1, 0.15) is 28.4 Å². The number of aromatic nitrogens is 1. The van der Waals surface area contributed by atoms with Crippen molar-refractivity contribution in [2.45, 2.75) is 33.1 Å². The molecule has 1 aliphatic heterocycles. The van der Waals surface area contributed by atoms with E-state index in [9.17, 15) is 0 Å². The minimum Gasteiger partial charge on any atom is -0.381 e. The summed E-state index contributed by atoms with van der Waals surface area (Å²) in [4.78, 5) is 5.98. The largest absolute Gasteiger partial charge is 0.381 e. The summed E-state index contributed by atoms with van der Waals surface area (Å²) in [6, 6.07) is 0. The summed E-state index contributed by atoms with van der Waals surface area (Å²) in [6.07, 6.45) is 3.47. The lowest BCUT2D eigenvalue weighted by Gasteiger charge is -2.34. The Morgan fingerprint density at radius 2 is 2.31 bits per heavy atom. The quantitative estimate of drug-likeness (QED) is 0.798. The zero-order chi connectivity index (χ0) is 11.6. The van der Waals surface area contributed by atoms with E-state index in [2.05, 4.69) is 34.8 Å². The number of thiazole rings is 1. The van der Waals surface area contributed by atoms with Gasteiger partial charge in [0.2, 0.25) is 0 Å². The average molecular weight is 304 g/mol. The van der Waals surface area contributed by atoms with Gasteiger partial charge in [-0.05, 0) is 26.7 Å². The second-order valence-electron chi connectivity index (χ2n) is 4.72. The Morgan fingerprint density at radius 3 is 2.81 bits per heavy atom. The summed E-state index contributed by atoms with van der Waals surface area (Å²) in [6.45, 7) is 6.03. The van der Waals surface area contributed by atoms with Crippen LogP contribution in [0.4, 0.5) is 0 Å². The van der Waals surface area contributed by atoms with Crippen molar-refractivity contribution < 1.29 is 4.74 Å². The van der Waals surface area contributed by atoms with Crippen LogP contribution in [0.15, 0.2) is 0 Å². The lowest BCUT2D eigenvalue weighted by Crippen LogP contribution is -2.35. The van der Waals surface area contributed by atoms with Gasteiger partial charge >= 0.3 is 0 Å². The van der Waals surface area contributed by atoms with Gasteiger partial charge in [-0.25, -0.2) is 4.98 Å². The van der Waals surface area contributed by atoms with E-state index in [4.69, 9.17) is 4.74 Å². The lowest BCUT2D eigenvalue weighted by molar-refractivity contribution is 0.00612. The molecule has 0 aliphatic carbocycles. The molecular weight excluding hydrogens is 286 g/mol. The Hall–Kier alpha value is 0.0700. The molecule has 0 N–H and O–H groups in total. The number of aryl methyl sites for hydroxylation is 2. The fourth-order valence-electron chi connectivity index (χ4n) is 2.14. The van der Waals surface area contributed by atoms with E-state index in [-0.39, 0.29) is 5.41 Å². The van der Waals surface area contributed by atoms with Crippen molar-refractivity contribution in [2.24, 2.45) is 5.41 Å². The van der Waals surface area contributed by atoms with Gasteiger partial charge in [0.1, 0.15) is 0 Å². The molecule has 1 aromatic heterocycles. The molecule has 0 saturated carbocycles. The Bertz CT molecular complexity index is 338. The first kappa shape index (κ1) is 12.5. The number of hydrogen-bond donors (Lipinski definition) is 0. The third-order valence-electron chi connectivity index (χ3n) is 3.29. The van der Waals surface area contributed by atoms with Crippen LogP contribution in [0.5, 0.6) is 0 Å². The summed E-state index contributed by atoms with van der Waals surface area (Å²) >= 11 is 5.48. The van der Waals surface area contributed by atoms with E-state index in [0.29, 0.717) is 0 Å². The van der Waals surface area contributed by atoms with Crippen LogP contribution in [0, 0.1) is 19.3 Å². The first-order valence-electron chi connectivity index (χ1n) is 5.72. The van der Waals surface area contributed by atoms with E-state index < -0.39 is 0 Å². The van der Waals surface area contributed by atoms with Crippen LogP contribution in [0.3, 0.4) is 0 Å². The summed E-state index contributed by atoms with van der Waals surface area (Å²) in [5, 5.41) is 2.28. The van der Waals surface area contributed by atoms with Crippen molar-refractivity contribution in [1.29, 1.82) is 0 Å². The van der Waals surface area contributed by atoms with Crippen molar-refractivity contribution in [3.8, 4) is 0 Å². The minimum atomic E-state index is 0.273. The summed E-state index contributed by atoms with van der Waals surface area (Å²) in [5.41, 5.74) is 1.45. The van der Waals surface area contributed by atoms with Crippen LogP contribution >= 0.6 is 27.3 Å². The van der Waals surface area contributed by atoms with E-state index in [1.807, 2.05) is 11.3 Å². The molecule has 0 aromatic carbocycles. The average Bonchev–Trinajstić information content (AvgIpc) is 2.59. The van der Waals surface area contributed by atoms with Crippen LogP contribution < -0.4 is 0 Å². The second kappa shape index (κ2) is 5.15. The van der Waals surface area contributed by atoms with Crippen molar-refractivity contribution in [2.75, 3.05) is 18.5 Å². The maximum atomic E-state index is 5.63. The number of halogens is 1. The van der Waals surface area contributed by atoms with Crippen molar-refractivity contribution in [1.82, 2.24) is 4.98 Å². The maximum absolute atomic E-state index is 5.63. The highest BCUT2D eigenvalue weighted by molar-refractivity contribution is 9.09. The monoisotopic (exact) mass is 303 g/mol. The van der Waals surface area contributed by atoms with Crippen molar-refractivity contribution in [3.63, 3.8) is 0 Å². The van der Waals surface area contributed by atoms with E-state index in [0.717, 1.165) is 25.0 Å². The lowest BCUT2D eigenvalue weighted by atomic mass is 9.82. The first-order valence-corrected chi connectivity index (χ1v) is 7.66. The van der Waals surface area contributed by atoms with Gasteiger partial charge in [-0.2, -0.15) is 0 Å². The molecule has 4 heteroatoms. The smallest absolute Gasteiger partial charge is 0.0937 e. The predicted octanol–water partition coefficient (Wildman–Crippen LogP) is 3.49. The zero-order valence-corrected chi connectivity index (χ0v) is 12.3. The number of hydrogen-bond acceptors (Lipinski definition) is 3. The van der Waals surface area contributed by atoms with Crippen LogP contribution in [-0.4, -0.2) is 23.5 Å². The van der Waals surface area contributed by atoms with Crippen LogP contribution in [-0.2, 0) is 11.2 Å². The fourth-order valence-corrected chi connectivity index (χ4v) is 3.89. The van der Waals surface area contributed by atoms with Crippen molar-refractivity contribution >= 4 is 27.3 Å². The molecule has 2 heterocycles. The van der Waals surface area contributed by atoms with Gasteiger partial charge in [-0.1, -0.05) is 15.9 Å². The van der Waals surface area contributed by atoms with Gasteiger partial charge in [0, 0.05) is 28.6 Å². The van der Waals surface area contributed by atoms with Crippen LogP contribution in [0.25, 0.3) is 0 Å². The Balaban J connectivity index is 2.11. The van der Waals surface area contributed by atoms with Crippen molar-refractivity contribution in [3.05, 3.63) is 15.6 Å². The number of nitrogens with zero attached hydrogens (tertiary/aromatic N) is 1.